The van der Waals surface area contributed by atoms with Crippen LogP contribution in [-0.2, 0) is 0 Å². The van der Waals surface area contributed by atoms with Gasteiger partial charge in [0.1, 0.15) is 11.5 Å². The Morgan fingerprint density at radius 3 is 2.77 bits per heavy atom. The molecule has 1 fully saturated rings. The lowest BCUT2D eigenvalue weighted by Crippen LogP contribution is -2.35. The average molecular weight is 304 g/mol. The fraction of sp³-hybridized carbons (Fsp3) is 0.429. The fourth-order valence-electron chi connectivity index (χ4n) is 3.01. The van der Waals surface area contributed by atoms with Crippen molar-refractivity contribution < 1.29 is 9.32 Å². The number of nitrogens with one attached hydrogen (secondary N) is 2. The van der Waals surface area contributed by atoms with E-state index in [1.807, 2.05) is 13.8 Å². The Kier molecular flexibility index (Phi) is 3.44. The number of aryl methyl sites for hydroxylation is 2. The van der Waals surface area contributed by atoms with E-state index < -0.39 is 11.2 Å². The van der Waals surface area contributed by atoms with Crippen LogP contribution in [-0.4, -0.2) is 32.5 Å². The van der Waals surface area contributed by atoms with Crippen LogP contribution in [0.2, 0.25) is 0 Å². The van der Waals surface area contributed by atoms with E-state index in [0.29, 0.717) is 12.3 Å². The molecule has 1 aliphatic rings. The minimum absolute atomic E-state index is 0.00703. The zero-order valence-corrected chi connectivity index (χ0v) is 12.3. The molecule has 0 radical (unpaired) electrons. The van der Waals surface area contributed by atoms with Crippen LogP contribution in [0.3, 0.4) is 0 Å². The number of hydrogen-bond acceptors (Lipinski definition) is 5. The summed E-state index contributed by atoms with van der Waals surface area (Å²) in [5.74, 6) is 0.312. The topological polar surface area (TPSA) is 112 Å². The van der Waals surface area contributed by atoms with Crippen LogP contribution in [0.25, 0.3) is 0 Å². The molecule has 0 saturated carbocycles. The number of rotatable bonds is 2. The third-order valence-electron chi connectivity index (χ3n) is 3.93. The minimum atomic E-state index is -0.691. The Morgan fingerprint density at radius 2 is 2.14 bits per heavy atom. The van der Waals surface area contributed by atoms with E-state index in [2.05, 4.69) is 15.1 Å². The largest absolute Gasteiger partial charge is 0.361 e. The van der Waals surface area contributed by atoms with Crippen LogP contribution >= 0.6 is 0 Å². The molecule has 8 heteroatoms. The predicted octanol–water partition coefficient (Wildman–Crippen LogP) is 0.645. The maximum atomic E-state index is 12.6. The lowest BCUT2D eigenvalue weighted by Gasteiger charge is -2.24. The highest BCUT2D eigenvalue weighted by Gasteiger charge is 2.34. The number of carbonyl (C=O) groups is 1. The van der Waals surface area contributed by atoms with Crippen molar-refractivity contribution in [3.8, 4) is 0 Å². The monoisotopic (exact) mass is 304 g/mol. The van der Waals surface area contributed by atoms with Crippen LogP contribution < -0.4 is 11.2 Å². The Morgan fingerprint density at radius 1 is 1.36 bits per heavy atom. The molecule has 22 heavy (non-hydrogen) atoms. The molecule has 0 aromatic carbocycles. The molecule has 0 aliphatic carbocycles. The van der Waals surface area contributed by atoms with Gasteiger partial charge >= 0.3 is 5.69 Å². The maximum absolute atomic E-state index is 12.6. The van der Waals surface area contributed by atoms with Gasteiger partial charge in [-0.3, -0.25) is 14.6 Å². The number of hydrogen-bond donors (Lipinski definition) is 2. The van der Waals surface area contributed by atoms with Gasteiger partial charge in [-0.05, 0) is 26.7 Å². The summed E-state index contributed by atoms with van der Waals surface area (Å²) in [4.78, 5) is 41.4. The van der Waals surface area contributed by atoms with Gasteiger partial charge in [0, 0.05) is 18.2 Å². The van der Waals surface area contributed by atoms with Crippen molar-refractivity contribution in [3.63, 3.8) is 0 Å². The van der Waals surface area contributed by atoms with Gasteiger partial charge < -0.3 is 14.4 Å². The van der Waals surface area contributed by atoms with Gasteiger partial charge in [-0.25, -0.2) is 4.79 Å². The Balaban J connectivity index is 1.98. The average Bonchev–Trinajstić information content (AvgIpc) is 3.03. The zero-order valence-electron chi connectivity index (χ0n) is 12.3. The molecule has 0 bridgehead atoms. The summed E-state index contributed by atoms with van der Waals surface area (Å²) in [6, 6.07) is 0.952. The molecule has 3 heterocycles. The number of nitrogens with zero attached hydrogens (tertiary/aromatic N) is 2. The second-order valence-corrected chi connectivity index (χ2v) is 5.40. The summed E-state index contributed by atoms with van der Waals surface area (Å²) in [6.45, 7) is 4.20. The molecule has 1 aliphatic heterocycles. The lowest BCUT2D eigenvalue weighted by atomic mass is 10.0. The molecule has 0 unspecified atom stereocenters. The summed E-state index contributed by atoms with van der Waals surface area (Å²) in [5.41, 5.74) is 0.358. The van der Waals surface area contributed by atoms with E-state index in [4.69, 9.17) is 4.52 Å². The van der Waals surface area contributed by atoms with E-state index in [0.717, 1.165) is 30.2 Å². The second-order valence-electron chi connectivity index (χ2n) is 5.40. The van der Waals surface area contributed by atoms with Gasteiger partial charge in [-0.2, -0.15) is 0 Å². The minimum Gasteiger partial charge on any atom is -0.361 e. The van der Waals surface area contributed by atoms with E-state index in [1.54, 1.807) is 4.90 Å². The number of aromatic nitrogens is 3. The first-order valence-corrected chi connectivity index (χ1v) is 7.04. The van der Waals surface area contributed by atoms with Crippen LogP contribution in [0, 0.1) is 13.8 Å². The van der Waals surface area contributed by atoms with Crippen LogP contribution in [0.15, 0.2) is 20.2 Å². The maximum Gasteiger partial charge on any atom is 0.326 e. The lowest BCUT2D eigenvalue weighted by molar-refractivity contribution is 0.0728. The molecule has 2 aromatic heterocycles. The molecule has 1 atom stereocenters. The predicted molar refractivity (Wildman–Crippen MR) is 76.7 cm³/mol. The van der Waals surface area contributed by atoms with Crippen molar-refractivity contribution in [2.75, 3.05) is 6.54 Å². The number of carbonyl (C=O) groups excluding carboxylic acids is 1. The SMILES string of the molecule is Cc1noc(C)c1[C@H]1CCCN1C(=O)c1cc(=O)[nH]c(=O)[nH]1. The van der Waals surface area contributed by atoms with Gasteiger partial charge in [0.2, 0.25) is 0 Å². The second kappa shape index (κ2) is 5.28. The van der Waals surface area contributed by atoms with E-state index in [1.165, 1.54) is 0 Å². The number of amides is 1. The smallest absolute Gasteiger partial charge is 0.326 e. The summed E-state index contributed by atoms with van der Waals surface area (Å²) in [6.07, 6.45) is 1.63. The van der Waals surface area contributed by atoms with Gasteiger partial charge in [0.25, 0.3) is 11.5 Å². The molecule has 1 saturated heterocycles. The summed E-state index contributed by atoms with van der Waals surface area (Å²) in [5, 5.41) is 3.93. The molecular weight excluding hydrogens is 288 g/mol. The van der Waals surface area contributed by atoms with E-state index in [9.17, 15) is 14.4 Å². The first kappa shape index (κ1) is 14.3. The van der Waals surface area contributed by atoms with Crippen molar-refractivity contribution in [2.24, 2.45) is 0 Å². The third-order valence-corrected chi connectivity index (χ3v) is 3.93. The third kappa shape index (κ3) is 2.36. The van der Waals surface area contributed by atoms with E-state index >= 15 is 0 Å². The highest BCUT2D eigenvalue weighted by Crippen LogP contribution is 2.36. The summed E-state index contributed by atoms with van der Waals surface area (Å²) < 4.78 is 5.18. The van der Waals surface area contributed by atoms with Gasteiger partial charge in [0.05, 0.1) is 11.7 Å². The van der Waals surface area contributed by atoms with Crippen molar-refractivity contribution in [2.45, 2.75) is 32.7 Å². The highest BCUT2D eigenvalue weighted by atomic mass is 16.5. The van der Waals surface area contributed by atoms with Gasteiger partial charge in [0.15, 0.2) is 0 Å². The van der Waals surface area contributed by atoms with Crippen molar-refractivity contribution in [1.82, 2.24) is 20.0 Å². The molecule has 3 rings (SSSR count). The molecule has 116 valence electrons. The summed E-state index contributed by atoms with van der Waals surface area (Å²) in [7, 11) is 0. The zero-order chi connectivity index (χ0) is 15.9. The standard InChI is InChI=1S/C14H16N4O4/c1-7-12(8(2)22-17-7)10-4-3-5-18(10)13(20)9-6-11(19)16-14(21)15-9/h6,10H,3-5H2,1-2H3,(H2,15,16,19,21)/t10-/m1/s1. The normalized spacial score (nSPS) is 17.9. The Bertz CT molecular complexity index is 784. The number of likely N-dealkylation sites (tertiary alicyclic amines) is 1. The molecule has 2 aromatic rings. The first-order chi connectivity index (χ1) is 10.5. The van der Waals surface area contributed by atoms with Crippen molar-refractivity contribution in [3.05, 3.63) is 49.6 Å². The quantitative estimate of drug-likeness (QED) is 0.845. The van der Waals surface area contributed by atoms with Crippen molar-refractivity contribution >= 4 is 5.91 Å². The number of aromatic amines is 2. The van der Waals surface area contributed by atoms with Crippen LogP contribution in [0.1, 0.15) is 46.4 Å². The van der Waals surface area contributed by atoms with E-state index in [-0.39, 0.29) is 17.6 Å². The molecule has 2 N–H and O–H groups in total. The molecule has 8 nitrogen and oxygen atoms in total. The van der Waals surface area contributed by atoms with Crippen molar-refractivity contribution in [1.29, 1.82) is 0 Å². The fourth-order valence-corrected chi connectivity index (χ4v) is 3.01. The molecular formula is C14H16N4O4. The summed E-state index contributed by atoms with van der Waals surface area (Å²) >= 11 is 0. The highest BCUT2D eigenvalue weighted by molar-refractivity contribution is 5.92. The number of H-pyrrole nitrogens is 2. The van der Waals surface area contributed by atoms with Gasteiger partial charge in [-0.15, -0.1) is 0 Å². The van der Waals surface area contributed by atoms with Gasteiger partial charge in [-0.1, -0.05) is 5.16 Å². The van der Waals surface area contributed by atoms with Crippen LogP contribution in [0.5, 0.6) is 0 Å². The Labute approximate surface area is 125 Å². The first-order valence-electron chi connectivity index (χ1n) is 7.04. The molecule has 1 amide bonds. The Hall–Kier alpha value is -2.64. The molecule has 0 spiro atoms. The van der Waals surface area contributed by atoms with Crippen LogP contribution in [0.4, 0.5) is 0 Å².